The van der Waals surface area contributed by atoms with Crippen LogP contribution in [-0.2, 0) is 11.3 Å². The summed E-state index contributed by atoms with van der Waals surface area (Å²) in [5, 5.41) is 2.90. The van der Waals surface area contributed by atoms with Crippen LogP contribution >= 0.6 is 0 Å². The van der Waals surface area contributed by atoms with Crippen LogP contribution in [0, 0.1) is 0 Å². The number of amides is 1. The van der Waals surface area contributed by atoms with Crippen LogP contribution in [0.5, 0.6) is 11.5 Å². The van der Waals surface area contributed by atoms with Crippen LogP contribution in [0.15, 0.2) is 78.9 Å². The van der Waals surface area contributed by atoms with Crippen molar-refractivity contribution in [2.45, 2.75) is 13.5 Å². The summed E-state index contributed by atoms with van der Waals surface area (Å²) in [6, 6.07) is 24.4. The summed E-state index contributed by atoms with van der Waals surface area (Å²) in [5.74, 6) is 1.12. The fraction of sp³-hybridized carbons (Fsp3) is 0.208. The number of hydrogen-bond acceptors (Lipinski definition) is 4. The van der Waals surface area contributed by atoms with Gasteiger partial charge in [-0.05, 0) is 42.8 Å². The third-order valence-electron chi connectivity index (χ3n) is 4.14. The van der Waals surface area contributed by atoms with Crippen molar-refractivity contribution < 1.29 is 19.0 Å². The first-order valence-corrected chi connectivity index (χ1v) is 9.63. The minimum Gasteiger partial charge on any atom is -0.491 e. The smallest absolute Gasteiger partial charge is 0.255 e. The molecular formula is C24H25NO4. The molecule has 3 aromatic carbocycles. The van der Waals surface area contributed by atoms with E-state index in [2.05, 4.69) is 5.32 Å². The lowest BCUT2D eigenvalue weighted by molar-refractivity contribution is 0.102. The molecular weight excluding hydrogens is 366 g/mol. The molecule has 150 valence electrons. The van der Waals surface area contributed by atoms with Gasteiger partial charge in [-0.1, -0.05) is 42.5 Å². The van der Waals surface area contributed by atoms with E-state index in [1.807, 2.05) is 67.6 Å². The molecule has 0 unspecified atom stereocenters. The number of carbonyl (C=O) groups excluding carboxylic acids is 1. The summed E-state index contributed by atoms with van der Waals surface area (Å²) >= 11 is 0. The molecule has 0 aromatic heterocycles. The third-order valence-corrected chi connectivity index (χ3v) is 4.14. The molecule has 0 bridgehead atoms. The van der Waals surface area contributed by atoms with Crippen LogP contribution in [0.3, 0.4) is 0 Å². The summed E-state index contributed by atoms with van der Waals surface area (Å²) < 4.78 is 16.7. The van der Waals surface area contributed by atoms with E-state index in [1.54, 1.807) is 18.2 Å². The van der Waals surface area contributed by atoms with Gasteiger partial charge in [-0.25, -0.2) is 0 Å². The first kappa shape index (κ1) is 20.4. The van der Waals surface area contributed by atoms with Crippen molar-refractivity contribution in [1.82, 2.24) is 0 Å². The second-order valence-corrected chi connectivity index (χ2v) is 6.33. The van der Waals surface area contributed by atoms with Crippen molar-refractivity contribution in [3.8, 4) is 11.5 Å². The van der Waals surface area contributed by atoms with E-state index < -0.39 is 0 Å². The van der Waals surface area contributed by atoms with Crippen molar-refractivity contribution in [3.05, 3.63) is 90.0 Å². The summed E-state index contributed by atoms with van der Waals surface area (Å²) in [7, 11) is 0. The average molecular weight is 391 g/mol. The van der Waals surface area contributed by atoms with Gasteiger partial charge in [-0.15, -0.1) is 0 Å². The molecule has 1 amide bonds. The Morgan fingerprint density at radius 2 is 1.59 bits per heavy atom. The van der Waals surface area contributed by atoms with Crippen molar-refractivity contribution in [2.75, 3.05) is 25.1 Å². The third kappa shape index (κ3) is 6.66. The maximum atomic E-state index is 12.6. The Bertz CT molecular complexity index is 912. The predicted molar refractivity (Wildman–Crippen MR) is 114 cm³/mol. The highest BCUT2D eigenvalue weighted by Gasteiger charge is 2.08. The van der Waals surface area contributed by atoms with Gasteiger partial charge in [0.05, 0.1) is 6.61 Å². The minimum absolute atomic E-state index is 0.208. The van der Waals surface area contributed by atoms with Gasteiger partial charge in [-0.2, -0.15) is 0 Å². The topological polar surface area (TPSA) is 56.8 Å². The fourth-order valence-electron chi connectivity index (χ4n) is 2.70. The lowest BCUT2D eigenvalue weighted by Gasteiger charge is -2.10. The quantitative estimate of drug-likeness (QED) is 0.498. The number of hydrogen-bond donors (Lipinski definition) is 1. The van der Waals surface area contributed by atoms with Gasteiger partial charge in [0, 0.05) is 23.9 Å². The molecule has 0 atom stereocenters. The number of rotatable bonds is 10. The Morgan fingerprint density at radius 3 is 2.38 bits per heavy atom. The number of carbonyl (C=O) groups is 1. The van der Waals surface area contributed by atoms with Gasteiger partial charge in [0.15, 0.2) is 0 Å². The zero-order valence-electron chi connectivity index (χ0n) is 16.5. The van der Waals surface area contributed by atoms with E-state index in [4.69, 9.17) is 14.2 Å². The number of benzene rings is 3. The van der Waals surface area contributed by atoms with Gasteiger partial charge in [0.25, 0.3) is 5.91 Å². The normalized spacial score (nSPS) is 10.4. The maximum Gasteiger partial charge on any atom is 0.255 e. The summed E-state index contributed by atoms with van der Waals surface area (Å²) in [6.07, 6.45) is 0. The van der Waals surface area contributed by atoms with Crippen LogP contribution in [0.1, 0.15) is 22.8 Å². The Hall–Kier alpha value is -3.31. The molecule has 1 N–H and O–H groups in total. The van der Waals surface area contributed by atoms with Gasteiger partial charge in [0.2, 0.25) is 0 Å². The molecule has 5 nitrogen and oxygen atoms in total. The van der Waals surface area contributed by atoms with Crippen LogP contribution in [0.2, 0.25) is 0 Å². The molecule has 0 spiro atoms. The predicted octanol–water partition coefficient (Wildman–Crippen LogP) is 4.93. The SMILES string of the molecule is CCOCCOc1cccc(C(=O)Nc2cccc(OCc3ccccc3)c2)c1. The number of anilines is 1. The second kappa shape index (κ2) is 10.9. The summed E-state index contributed by atoms with van der Waals surface area (Å²) in [5.41, 5.74) is 2.28. The van der Waals surface area contributed by atoms with Gasteiger partial charge in [-0.3, -0.25) is 4.79 Å². The zero-order valence-corrected chi connectivity index (χ0v) is 16.5. The molecule has 0 saturated heterocycles. The van der Waals surface area contributed by atoms with E-state index in [-0.39, 0.29) is 5.91 Å². The molecule has 0 heterocycles. The van der Waals surface area contributed by atoms with Gasteiger partial charge in [0.1, 0.15) is 24.7 Å². The Labute approximate surface area is 171 Å². The Balaban J connectivity index is 1.57. The Kier molecular flexibility index (Phi) is 7.66. The molecule has 0 aliphatic rings. The summed E-state index contributed by atoms with van der Waals surface area (Å²) in [6.45, 7) is 4.02. The van der Waals surface area contributed by atoms with E-state index in [9.17, 15) is 4.79 Å². The second-order valence-electron chi connectivity index (χ2n) is 6.33. The molecule has 5 heteroatoms. The number of nitrogens with one attached hydrogen (secondary N) is 1. The van der Waals surface area contributed by atoms with E-state index >= 15 is 0 Å². The van der Waals surface area contributed by atoms with E-state index in [0.717, 1.165) is 5.56 Å². The first-order valence-electron chi connectivity index (χ1n) is 9.63. The highest BCUT2D eigenvalue weighted by molar-refractivity contribution is 6.04. The lowest BCUT2D eigenvalue weighted by Crippen LogP contribution is -2.12. The zero-order chi connectivity index (χ0) is 20.3. The fourth-order valence-corrected chi connectivity index (χ4v) is 2.70. The molecule has 0 radical (unpaired) electrons. The maximum absolute atomic E-state index is 12.6. The highest BCUT2D eigenvalue weighted by Crippen LogP contribution is 2.20. The van der Waals surface area contributed by atoms with E-state index in [1.165, 1.54) is 0 Å². The van der Waals surface area contributed by atoms with Crippen LogP contribution in [-0.4, -0.2) is 25.7 Å². The molecule has 0 saturated carbocycles. The molecule has 3 rings (SSSR count). The van der Waals surface area contributed by atoms with Crippen LogP contribution in [0.4, 0.5) is 5.69 Å². The Morgan fingerprint density at radius 1 is 0.828 bits per heavy atom. The molecule has 0 fully saturated rings. The van der Waals surface area contributed by atoms with Crippen molar-refractivity contribution >= 4 is 11.6 Å². The minimum atomic E-state index is -0.208. The van der Waals surface area contributed by atoms with Gasteiger partial charge < -0.3 is 19.5 Å². The van der Waals surface area contributed by atoms with Crippen LogP contribution in [0.25, 0.3) is 0 Å². The van der Waals surface area contributed by atoms with Crippen molar-refractivity contribution in [1.29, 1.82) is 0 Å². The van der Waals surface area contributed by atoms with Crippen LogP contribution < -0.4 is 14.8 Å². The lowest BCUT2D eigenvalue weighted by atomic mass is 10.2. The molecule has 3 aromatic rings. The largest absolute Gasteiger partial charge is 0.491 e. The highest BCUT2D eigenvalue weighted by atomic mass is 16.5. The monoisotopic (exact) mass is 391 g/mol. The van der Waals surface area contributed by atoms with Crippen molar-refractivity contribution in [3.63, 3.8) is 0 Å². The van der Waals surface area contributed by atoms with Crippen molar-refractivity contribution in [2.24, 2.45) is 0 Å². The van der Waals surface area contributed by atoms with Gasteiger partial charge >= 0.3 is 0 Å². The van der Waals surface area contributed by atoms with E-state index in [0.29, 0.717) is 49.2 Å². The standard InChI is InChI=1S/C24H25NO4/c1-2-27-14-15-28-22-12-6-10-20(16-22)24(26)25-21-11-7-13-23(17-21)29-18-19-8-4-3-5-9-19/h3-13,16-17H,2,14-15,18H2,1H3,(H,25,26). The molecule has 0 aliphatic carbocycles. The first-order chi connectivity index (χ1) is 14.2. The molecule has 29 heavy (non-hydrogen) atoms. The average Bonchev–Trinajstić information content (AvgIpc) is 2.76. The molecule has 0 aliphatic heterocycles. The number of ether oxygens (including phenoxy) is 3. The summed E-state index contributed by atoms with van der Waals surface area (Å²) in [4.78, 5) is 12.6.